The summed E-state index contributed by atoms with van der Waals surface area (Å²) >= 11 is -0.826. The van der Waals surface area contributed by atoms with Crippen LogP contribution in [0.25, 0.3) is 5.20 Å². The molecule has 5 aliphatic rings. The van der Waals surface area contributed by atoms with E-state index in [2.05, 4.69) is 111 Å². The van der Waals surface area contributed by atoms with E-state index in [1.165, 1.54) is 50.1 Å². The Hall–Kier alpha value is -1.18. The molecule has 0 saturated heterocycles. The summed E-state index contributed by atoms with van der Waals surface area (Å²) in [5, 5.41) is 1.77. The summed E-state index contributed by atoms with van der Waals surface area (Å²) in [6.07, 6.45) is 36.8. The van der Waals surface area contributed by atoms with Gasteiger partial charge in [0.25, 0.3) is 0 Å². The van der Waals surface area contributed by atoms with Gasteiger partial charge < -0.3 is 14.9 Å². The van der Waals surface area contributed by atoms with Crippen LogP contribution in [0.3, 0.4) is 0 Å². The molecule has 0 aliphatic heterocycles. The van der Waals surface area contributed by atoms with Crippen LogP contribution >= 0.6 is 17.0 Å². The van der Waals surface area contributed by atoms with Crippen molar-refractivity contribution in [3.63, 3.8) is 0 Å². The number of allylic oxidation sites excluding steroid dienone is 15. The third-order valence-corrected chi connectivity index (χ3v) is 14.8. The summed E-state index contributed by atoms with van der Waals surface area (Å²) < 4.78 is 0. The van der Waals surface area contributed by atoms with E-state index >= 15 is 0 Å². The van der Waals surface area contributed by atoms with Gasteiger partial charge in [0.1, 0.15) is 0 Å². The van der Waals surface area contributed by atoms with E-state index in [1.54, 1.807) is 27.5 Å². The number of fused-ring (bicyclic) bond motifs is 5. The van der Waals surface area contributed by atoms with E-state index in [4.69, 9.17) is 17.0 Å². The Balaban J connectivity index is 0.000000887. The number of unbranched alkanes of at least 4 members (excludes halogenated alkanes) is 5. The molecule has 0 heterocycles. The molecule has 0 fully saturated rings. The van der Waals surface area contributed by atoms with Crippen LogP contribution in [0.15, 0.2) is 114 Å². The van der Waals surface area contributed by atoms with Gasteiger partial charge in [-0.2, -0.15) is 0 Å². The molecule has 0 radical (unpaired) electrons. The van der Waals surface area contributed by atoms with Crippen molar-refractivity contribution in [1.82, 2.24) is 0 Å². The van der Waals surface area contributed by atoms with E-state index < -0.39 is 28.9 Å². The Morgan fingerprint density at radius 1 is 0.707 bits per heavy atom. The standard InChI is InChI=1S/C35H40Si.2CH3.2ClH.Zr/c1-3-4-5-6-7-16-25-36(2,34-30-21-12-8-17-26(30)27-18-9-13-22-31(27)34)35-32-23-14-10-19-28(32)29-20-11-15-24-33(29)35;;;;;/h8-15,17-24,26,32-33,35H,3-7,16,25H2,1-2H3;2*1H3;2*1H;/q;2*-1;;;+4/p-2/t26?,32?,33?,35?,36-;;;;;/m0...../s1. The van der Waals surface area contributed by atoms with Gasteiger partial charge in [0.15, 0.2) is 0 Å². The summed E-state index contributed by atoms with van der Waals surface area (Å²) in [7, 11) is 7.92. The zero-order valence-electron chi connectivity index (χ0n) is 25.3. The molecule has 1 aromatic carbocycles. The van der Waals surface area contributed by atoms with Crippen LogP contribution in [-0.4, -0.2) is 8.07 Å². The number of halogens is 2. The Labute approximate surface area is 270 Å². The molecule has 216 valence electrons. The number of rotatable bonds is 9. The second-order valence-corrected chi connectivity index (χ2v) is 19.9. The summed E-state index contributed by atoms with van der Waals surface area (Å²) in [6, 6.07) is 10.8. The van der Waals surface area contributed by atoms with Gasteiger partial charge in [-0.3, -0.25) is 0 Å². The fourth-order valence-electron chi connectivity index (χ4n) is 7.91. The Morgan fingerprint density at radius 2 is 1.24 bits per heavy atom. The van der Waals surface area contributed by atoms with E-state index in [9.17, 15) is 0 Å². The molecule has 5 aliphatic carbocycles. The molecule has 6 rings (SSSR count). The number of hydrogen-bond acceptors (Lipinski definition) is 0. The van der Waals surface area contributed by atoms with Gasteiger partial charge in [-0.15, -0.1) is 0 Å². The van der Waals surface area contributed by atoms with Gasteiger partial charge >= 0.3 is 37.9 Å². The average molecular weight is 681 g/mol. The Morgan fingerprint density at radius 3 is 1.88 bits per heavy atom. The van der Waals surface area contributed by atoms with Crippen molar-refractivity contribution in [1.29, 1.82) is 0 Å². The molecule has 0 aromatic heterocycles. The Kier molecular flexibility index (Phi) is 13.4. The molecule has 0 amide bonds. The van der Waals surface area contributed by atoms with Crippen molar-refractivity contribution in [3.05, 3.63) is 140 Å². The average Bonchev–Trinajstić information content (AvgIpc) is 3.49. The van der Waals surface area contributed by atoms with Gasteiger partial charge in [-0.1, -0.05) is 155 Å². The first kappa shape index (κ1) is 34.3. The predicted octanol–water partition coefficient (Wildman–Crippen LogP) is 12.1. The zero-order valence-corrected chi connectivity index (χ0v) is 30.2. The molecule has 3 unspecified atom stereocenters. The summed E-state index contributed by atoms with van der Waals surface area (Å²) in [5.41, 5.74) is 8.56. The topological polar surface area (TPSA) is 0 Å². The molecule has 0 saturated carbocycles. The zero-order chi connectivity index (χ0) is 27.2. The first-order valence-corrected chi connectivity index (χ1v) is 23.9. The second-order valence-electron chi connectivity index (χ2n) is 11.6. The first-order chi connectivity index (χ1) is 19.2. The van der Waals surface area contributed by atoms with Crippen LogP contribution in [0.2, 0.25) is 18.1 Å². The number of hydrogen-bond donors (Lipinski definition) is 0. The van der Waals surface area contributed by atoms with Crippen LogP contribution in [-0.2, 0) is 20.8 Å². The Bertz CT molecular complexity index is 1260. The quantitative estimate of drug-likeness (QED) is 0.138. The fourth-order valence-corrected chi connectivity index (χ4v) is 13.7. The molecule has 4 atom stereocenters. The van der Waals surface area contributed by atoms with Crippen molar-refractivity contribution in [2.24, 2.45) is 11.8 Å². The SMILES string of the molecule is CCCCCCCC[Si@@](C)(C1=C2C=CC=CC2c2ccccc21)C1C2C=CC=CC2=C2C=CC=CC21.[CH3-].[CH3-].[Cl][Zr+2][Cl]. The minimum atomic E-state index is -1.95. The maximum atomic E-state index is 4.93. The fraction of sp³-hybridized carbons (Fsp3) is 0.351. The van der Waals surface area contributed by atoms with E-state index in [0.29, 0.717) is 23.3 Å². The third kappa shape index (κ3) is 6.82. The molecular formula is C37H46Cl2SiZr. The van der Waals surface area contributed by atoms with Crippen molar-refractivity contribution >= 4 is 30.3 Å². The van der Waals surface area contributed by atoms with Crippen LogP contribution in [0.1, 0.15) is 62.5 Å². The minimum absolute atomic E-state index is 0. The van der Waals surface area contributed by atoms with Crippen molar-refractivity contribution in [3.8, 4) is 0 Å². The van der Waals surface area contributed by atoms with Gasteiger partial charge in [-0.05, 0) is 38.6 Å². The normalized spacial score (nSPS) is 25.2. The van der Waals surface area contributed by atoms with Crippen LogP contribution in [0.5, 0.6) is 0 Å². The molecule has 1 aromatic rings. The van der Waals surface area contributed by atoms with Crippen molar-refractivity contribution in [2.75, 3.05) is 0 Å². The number of benzene rings is 1. The molecule has 4 heteroatoms. The third-order valence-electron chi connectivity index (χ3n) is 9.47. The van der Waals surface area contributed by atoms with Gasteiger partial charge in [-0.25, -0.2) is 0 Å². The summed E-state index contributed by atoms with van der Waals surface area (Å²) in [6.45, 7) is 5.09. The first-order valence-electron chi connectivity index (χ1n) is 14.7. The summed E-state index contributed by atoms with van der Waals surface area (Å²) in [5.74, 6) is 1.53. The second kappa shape index (κ2) is 16.0. The van der Waals surface area contributed by atoms with E-state index in [1.807, 2.05) is 0 Å². The van der Waals surface area contributed by atoms with Crippen LogP contribution in [0.4, 0.5) is 0 Å². The molecule has 0 nitrogen and oxygen atoms in total. The maximum absolute atomic E-state index is 4.93. The van der Waals surface area contributed by atoms with E-state index in [-0.39, 0.29) is 14.9 Å². The summed E-state index contributed by atoms with van der Waals surface area (Å²) in [4.78, 5) is 0. The molecule has 0 spiro atoms. The van der Waals surface area contributed by atoms with Crippen LogP contribution < -0.4 is 0 Å². The van der Waals surface area contributed by atoms with Gasteiger partial charge in [0.05, 0.1) is 8.07 Å². The predicted molar refractivity (Wildman–Crippen MR) is 183 cm³/mol. The van der Waals surface area contributed by atoms with Gasteiger partial charge in [0, 0.05) is 17.8 Å². The molecular weight excluding hydrogens is 635 g/mol. The van der Waals surface area contributed by atoms with Gasteiger partial charge in [0.2, 0.25) is 0 Å². The molecule has 41 heavy (non-hydrogen) atoms. The van der Waals surface area contributed by atoms with E-state index in [0.717, 1.165) is 0 Å². The van der Waals surface area contributed by atoms with Crippen LogP contribution in [0, 0.1) is 26.7 Å². The molecule has 0 N–H and O–H groups in total. The van der Waals surface area contributed by atoms with Crippen molar-refractivity contribution in [2.45, 2.75) is 69.5 Å². The monoisotopic (exact) mass is 678 g/mol. The van der Waals surface area contributed by atoms with Crippen molar-refractivity contribution < 1.29 is 20.8 Å². The molecule has 0 bridgehead atoms.